The Morgan fingerprint density at radius 1 is 1.44 bits per heavy atom. The van der Waals surface area contributed by atoms with E-state index < -0.39 is 0 Å². The van der Waals surface area contributed by atoms with Gasteiger partial charge in [0, 0.05) is 20.2 Å². The first-order chi connectivity index (χ1) is 8.85. The molecule has 0 saturated heterocycles. The van der Waals surface area contributed by atoms with Gasteiger partial charge >= 0.3 is 0 Å². The van der Waals surface area contributed by atoms with Gasteiger partial charge in [0.25, 0.3) is 0 Å². The summed E-state index contributed by atoms with van der Waals surface area (Å²) in [4.78, 5) is 5.34. The molecule has 2 aromatic rings. The molecular weight excluding hydrogens is 252 g/mol. The van der Waals surface area contributed by atoms with Gasteiger partial charge in [0.1, 0.15) is 16.9 Å². The van der Waals surface area contributed by atoms with Crippen molar-refractivity contribution in [2.45, 2.75) is 6.54 Å². The zero-order valence-electron chi connectivity index (χ0n) is 10.4. The Labute approximate surface area is 110 Å². The van der Waals surface area contributed by atoms with Gasteiger partial charge in [0.15, 0.2) is 0 Å². The van der Waals surface area contributed by atoms with Crippen molar-refractivity contribution in [3.05, 3.63) is 23.4 Å². The van der Waals surface area contributed by atoms with Gasteiger partial charge in [-0.2, -0.15) is 0 Å². The fourth-order valence-corrected chi connectivity index (χ4v) is 2.29. The first-order valence-corrected chi connectivity index (χ1v) is 6.49. The molecule has 2 heterocycles. The molecule has 98 valence electrons. The maximum atomic E-state index is 5.46. The van der Waals surface area contributed by atoms with E-state index in [1.165, 1.54) is 0 Å². The van der Waals surface area contributed by atoms with Gasteiger partial charge in [-0.05, 0) is 11.4 Å². The van der Waals surface area contributed by atoms with Gasteiger partial charge in [-0.15, -0.1) is 11.3 Å². The van der Waals surface area contributed by atoms with Crippen molar-refractivity contribution in [1.82, 2.24) is 10.3 Å². The summed E-state index contributed by atoms with van der Waals surface area (Å²) in [7, 11) is 3.32. The van der Waals surface area contributed by atoms with Crippen LogP contribution in [0, 0.1) is 0 Å². The third-order valence-corrected chi connectivity index (χ3v) is 3.27. The van der Waals surface area contributed by atoms with Crippen molar-refractivity contribution in [2.24, 2.45) is 0 Å². The topological polar surface area (TPSA) is 56.5 Å². The highest BCUT2D eigenvalue weighted by atomic mass is 32.1. The van der Waals surface area contributed by atoms with Crippen molar-refractivity contribution >= 4 is 11.3 Å². The second kappa shape index (κ2) is 6.53. The third-order valence-electron chi connectivity index (χ3n) is 2.38. The number of rotatable bonds is 7. The van der Waals surface area contributed by atoms with E-state index in [0.717, 1.165) is 22.9 Å². The highest BCUT2D eigenvalue weighted by Gasteiger charge is 2.13. The van der Waals surface area contributed by atoms with Crippen LogP contribution in [-0.4, -0.2) is 32.4 Å². The number of nitrogens with zero attached hydrogens (tertiary/aromatic N) is 1. The van der Waals surface area contributed by atoms with Gasteiger partial charge in [0.2, 0.25) is 5.89 Å². The van der Waals surface area contributed by atoms with E-state index in [9.17, 15) is 0 Å². The molecule has 2 rings (SSSR count). The Balaban J connectivity index is 1.97. The number of nitrogens with one attached hydrogen (secondary N) is 1. The Hall–Kier alpha value is -1.37. The molecule has 0 unspecified atom stereocenters. The minimum absolute atomic E-state index is 0.602. The summed E-state index contributed by atoms with van der Waals surface area (Å²) < 4.78 is 15.6. The van der Waals surface area contributed by atoms with Crippen molar-refractivity contribution in [1.29, 1.82) is 0 Å². The van der Waals surface area contributed by atoms with Gasteiger partial charge in [-0.3, -0.25) is 0 Å². The van der Waals surface area contributed by atoms with Crippen LogP contribution in [0.15, 0.2) is 22.1 Å². The van der Waals surface area contributed by atoms with E-state index in [1.54, 1.807) is 31.8 Å². The lowest BCUT2D eigenvalue weighted by Crippen LogP contribution is -2.18. The lowest BCUT2D eigenvalue weighted by Gasteiger charge is -1.99. The SMILES string of the molecule is COCCNCc1coc(-c2sccc2OC)n1. The van der Waals surface area contributed by atoms with E-state index in [-0.39, 0.29) is 0 Å². The average molecular weight is 268 g/mol. The number of ether oxygens (including phenoxy) is 2. The van der Waals surface area contributed by atoms with E-state index >= 15 is 0 Å². The first-order valence-electron chi connectivity index (χ1n) is 5.61. The molecule has 6 heteroatoms. The molecular formula is C12H16N2O3S. The van der Waals surface area contributed by atoms with Crippen molar-refractivity contribution < 1.29 is 13.9 Å². The molecule has 0 aliphatic heterocycles. The smallest absolute Gasteiger partial charge is 0.240 e. The monoisotopic (exact) mass is 268 g/mol. The maximum absolute atomic E-state index is 5.46. The van der Waals surface area contributed by atoms with E-state index in [0.29, 0.717) is 19.0 Å². The number of thiophene rings is 1. The van der Waals surface area contributed by atoms with E-state index in [2.05, 4.69) is 10.3 Å². The molecule has 18 heavy (non-hydrogen) atoms. The third kappa shape index (κ3) is 3.10. The highest BCUT2D eigenvalue weighted by Crippen LogP contribution is 2.34. The average Bonchev–Trinajstić information content (AvgIpc) is 3.02. The van der Waals surface area contributed by atoms with E-state index in [1.807, 2.05) is 11.4 Å². The molecule has 0 fully saturated rings. The molecule has 0 spiro atoms. The summed E-state index contributed by atoms with van der Waals surface area (Å²) in [6.45, 7) is 2.14. The summed E-state index contributed by atoms with van der Waals surface area (Å²) in [6.07, 6.45) is 1.66. The van der Waals surface area contributed by atoms with Crippen LogP contribution < -0.4 is 10.1 Å². The van der Waals surface area contributed by atoms with Gasteiger partial charge < -0.3 is 19.2 Å². The van der Waals surface area contributed by atoms with Crippen molar-refractivity contribution in [3.8, 4) is 16.5 Å². The Morgan fingerprint density at radius 3 is 3.11 bits per heavy atom. The molecule has 0 amide bonds. The molecule has 0 saturated carbocycles. The zero-order valence-corrected chi connectivity index (χ0v) is 11.3. The fraction of sp³-hybridized carbons (Fsp3) is 0.417. The molecule has 0 aliphatic carbocycles. The molecule has 5 nitrogen and oxygen atoms in total. The summed E-state index contributed by atoms with van der Waals surface area (Å²) in [5, 5.41) is 5.17. The zero-order chi connectivity index (χ0) is 12.8. The van der Waals surface area contributed by atoms with Crippen LogP contribution in [0.2, 0.25) is 0 Å². The molecule has 0 radical (unpaired) electrons. The van der Waals surface area contributed by atoms with Crippen molar-refractivity contribution in [3.63, 3.8) is 0 Å². The molecule has 0 atom stereocenters. The number of oxazole rings is 1. The Bertz CT molecular complexity index is 481. The number of hydrogen-bond donors (Lipinski definition) is 1. The second-order valence-corrected chi connectivity index (χ2v) is 4.55. The predicted octanol–water partition coefficient (Wildman–Crippen LogP) is 2.15. The van der Waals surface area contributed by atoms with Crippen LogP contribution in [0.5, 0.6) is 5.75 Å². The quantitative estimate of drug-likeness (QED) is 0.780. The summed E-state index contributed by atoms with van der Waals surface area (Å²) in [6, 6.07) is 1.90. The van der Waals surface area contributed by atoms with E-state index in [4.69, 9.17) is 13.9 Å². The van der Waals surface area contributed by atoms with Crippen LogP contribution in [0.3, 0.4) is 0 Å². The summed E-state index contributed by atoms with van der Waals surface area (Å²) in [5.74, 6) is 1.39. The van der Waals surface area contributed by atoms with Crippen LogP contribution in [0.25, 0.3) is 10.8 Å². The van der Waals surface area contributed by atoms with Crippen LogP contribution in [0.4, 0.5) is 0 Å². The van der Waals surface area contributed by atoms with Gasteiger partial charge in [0.05, 0.1) is 19.4 Å². The van der Waals surface area contributed by atoms with Crippen LogP contribution >= 0.6 is 11.3 Å². The summed E-state index contributed by atoms with van der Waals surface area (Å²) in [5.41, 5.74) is 0.872. The van der Waals surface area contributed by atoms with Crippen LogP contribution in [-0.2, 0) is 11.3 Å². The largest absolute Gasteiger partial charge is 0.495 e. The van der Waals surface area contributed by atoms with Gasteiger partial charge in [-0.25, -0.2) is 4.98 Å². The Morgan fingerprint density at radius 2 is 2.33 bits per heavy atom. The lowest BCUT2D eigenvalue weighted by atomic mass is 10.4. The predicted molar refractivity (Wildman–Crippen MR) is 70.0 cm³/mol. The molecule has 2 aromatic heterocycles. The summed E-state index contributed by atoms with van der Waals surface area (Å²) >= 11 is 1.55. The molecule has 1 N–H and O–H groups in total. The number of methoxy groups -OCH3 is 2. The lowest BCUT2D eigenvalue weighted by molar-refractivity contribution is 0.199. The maximum Gasteiger partial charge on any atom is 0.240 e. The number of aromatic nitrogens is 1. The van der Waals surface area contributed by atoms with Gasteiger partial charge in [-0.1, -0.05) is 0 Å². The first kappa shape index (κ1) is 13.1. The molecule has 0 aromatic carbocycles. The number of hydrogen-bond acceptors (Lipinski definition) is 6. The minimum Gasteiger partial charge on any atom is -0.495 e. The molecule has 0 bridgehead atoms. The molecule has 0 aliphatic rings. The second-order valence-electron chi connectivity index (χ2n) is 3.63. The minimum atomic E-state index is 0.602. The normalized spacial score (nSPS) is 10.8. The highest BCUT2D eigenvalue weighted by molar-refractivity contribution is 7.13. The van der Waals surface area contributed by atoms with Crippen LogP contribution in [0.1, 0.15) is 5.69 Å². The van der Waals surface area contributed by atoms with Crippen molar-refractivity contribution in [2.75, 3.05) is 27.4 Å². The fourth-order valence-electron chi connectivity index (χ4n) is 1.50. The Kier molecular flexibility index (Phi) is 4.74. The standard InChI is InChI=1S/C12H16N2O3S/c1-15-5-4-13-7-9-8-17-12(14-9)11-10(16-2)3-6-18-11/h3,6,8,13H,4-5,7H2,1-2H3.